The van der Waals surface area contributed by atoms with Crippen molar-refractivity contribution in [3.05, 3.63) is 59.7 Å². The van der Waals surface area contributed by atoms with Gasteiger partial charge < -0.3 is 10.1 Å². The summed E-state index contributed by atoms with van der Waals surface area (Å²) in [5.41, 5.74) is 1.56. The van der Waals surface area contributed by atoms with Crippen molar-refractivity contribution < 1.29 is 17.9 Å². The Balaban J connectivity index is 1.75. The molecule has 1 atom stereocenters. The number of carbonyl (C=O) groups excluding carboxylic acids is 1. The SMILES string of the molecule is Cc1ccc2c(c1)[C@@H](NC(=O)CN(C)S(=O)(=O)c1ccccc1)CC(C)(C)O2. The summed E-state index contributed by atoms with van der Waals surface area (Å²) >= 11 is 0. The molecule has 1 amide bonds. The number of hydrogen-bond acceptors (Lipinski definition) is 4. The topological polar surface area (TPSA) is 75.7 Å². The summed E-state index contributed by atoms with van der Waals surface area (Å²) in [5, 5.41) is 2.99. The van der Waals surface area contributed by atoms with Gasteiger partial charge in [-0.1, -0.05) is 35.9 Å². The summed E-state index contributed by atoms with van der Waals surface area (Å²) in [6.07, 6.45) is 0.602. The molecule has 0 aliphatic carbocycles. The molecule has 0 aromatic heterocycles. The zero-order valence-corrected chi connectivity index (χ0v) is 17.4. The molecule has 3 rings (SSSR count). The van der Waals surface area contributed by atoms with Crippen LogP contribution in [0.3, 0.4) is 0 Å². The van der Waals surface area contributed by atoms with Gasteiger partial charge in [0.2, 0.25) is 15.9 Å². The van der Waals surface area contributed by atoms with Gasteiger partial charge in [-0.15, -0.1) is 0 Å². The van der Waals surface area contributed by atoms with Gasteiger partial charge in [0.05, 0.1) is 17.5 Å². The number of rotatable bonds is 5. The molecule has 2 aromatic rings. The van der Waals surface area contributed by atoms with E-state index < -0.39 is 15.6 Å². The number of ether oxygens (including phenoxy) is 1. The predicted octanol–water partition coefficient (Wildman–Crippen LogP) is 3.03. The van der Waals surface area contributed by atoms with Crippen LogP contribution in [-0.4, -0.2) is 37.8 Å². The minimum absolute atomic E-state index is 0.165. The molecule has 0 bridgehead atoms. The summed E-state index contributed by atoms with van der Waals surface area (Å²) in [6, 6.07) is 13.7. The zero-order valence-electron chi connectivity index (χ0n) is 16.6. The van der Waals surface area contributed by atoms with Crippen LogP contribution >= 0.6 is 0 Å². The molecule has 1 heterocycles. The predicted molar refractivity (Wildman–Crippen MR) is 108 cm³/mol. The number of amides is 1. The lowest BCUT2D eigenvalue weighted by molar-refractivity contribution is -0.122. The van der Waals surface area contributed by atoms with Gasteiger partial charge in [0.15, 0.2) is 0 Å². The maximum atomic E-state index is 12.6. The first kappa shape index (κ1) is 20.4. The third-order valence-electron chi connectivity index (χ3n) is 4.78. The number of nitrogens with one attached hydrogen (secondary N) is 1. The molecule has 150 valence electrons. The molecule has 6 nitrogen and oxygen atoms in total. The summed E-state index contributed by atoms with van der Waals surface area (Å²) in [4.78, 5) is 12.8. The summed E-state index contributed by atoms with van der Waals surface area (Å²) in [5.74, 6) is 0.398. The van der Waals surface area contributed by atoms with Gasteiger partial charge in [-0.25, -0.2) is 8.42 Å². The molecule has 1 N–H and O–H groups in total. The van der Waals surface area contributed by atoms with Gasteiger partial charge in [-0.3, -0.25) is 4.79 Å². The highest BCUT2D eigenvalue weighted by Crippen LogP contribution is 2.39. The van der Waals surface area contributed by atoms with Crippen LogP contribution in [0.25, 0.3) is 0 Å². The van der Waals surface area contributed by atoms with Crippen LogP contribution in [0.4, 0.5) is 0 Å². The lowest BCUT2D eigenvalue weighted by Crippen LogP contribution is -2.44. The Labute approximate surface area is 166 Å². The van der Waals surface area contributed by atoms with Crippen LogP contribution in [0.5, 0.6) is 5.75 Å². The molecule has 0 spiro atoms. The zero-order chi connectivity index (χ0) is 20.5. The fraction of sp³-hybridized carbons (Fsp3) is 0.381. The number of nitrogens with zero attached hydrogens (tertiary/aromatic N) is 1. The molecule has 2 aromatic carbocycles. The molecular weight excluding hydrogens is 376 g/mol. The van der Waals surface area contributed by atoms with Crippen LogP contribution < -0.4 is 10.1 Å². The quantitative estimate of drug-likeness (QED) is 0.834. The van der Waals surface area contributed by atoms with E-state index >= 15 is 0 Å². The maximum Gasteiger partial charge on any atom is 0.243 e. The van der Waals surface area contributed by atoms with E-state index in [9.17, 15) is 13.2 Å². The van der Waals surface area contributed by atoms with Crippen molar-refractivity contribution in [1.82, 2.24) is 9.62 Å². The van der Waals surface area contributed by atoms with E-state index in [-0.39, 0.29) is 23.4 Å². The van der Waals surface area contributed by atoms with Crippen molar-refractivity contribution in [2.45, 2.75) is 43.7 Å². The van der Waals surface area contributed by atoms with Crippen molar-refractivity contribution >= 4 is 15.9 Å². The highest BCUT2D eigenvalue weighted by Gasteiger charge is 2.35. The Morgan fingerprint density at radius 3 is 2.57 bits per heavy atom. The molecule has 7 heteroatoms. The lowest BCUT2D eigenvalue weighted by atomic mass is 9.89. The smallest absolute Gasteiger partial charge is 0.243 e. The van der Waals surface area contributed by atoms with Gasteiger partial charge in [0, 0.05) is 19.0 Å². The average Bonchev–Trinajstić information content (AvgIpc) is 2.62. The second-order valence-corrected chi connectivity index (χ2v) is 9.85. The van der Waals surface area contributed by atoms with E-state index in [1.54, 1.807) is 18.2 Å². The Bertz CT molecular complexity index is 971. The second-order valence-electron chi connectivity index (χ2n) is 7.80. The Hall–Kier alpha value is -2.38. The van der Waals surface area contributed by atoms with Gasteiger partial charge in [-0.2, -0.15) is 4.31 Å². The summed E-state index contributed by atoms with van der Waals surface area (Å²) < 4.78 is 32.4. The highest BCUT2D eigenvalue weighted by atomic mass is 32.2. The first-order chi connectivity index (χ1) is 13.1. The van der Waals surface area contributed by atoms with Crippen LogP contribution in [0, 0.1) is 6.92 Å². The molecular formula is C21H26N2O4S. The molecule has 0 saturated heterocycles. The van der Waals surface area contributed by atoms with E-state index in [2.05, 4.69) is 5.32 Å². The standard InChI is InChI=1S/C21H26N2O4S/c1-15-10-11-19-17(12-15)18(13-21(2,3)27-19)22-20(24)14-23(4)28(25,26)16-8-6-5-7-9-16/h5-12,18H,13-14H2,1-4H3,(H,22,24)/t18-/m0/s1. The number of aryl methyl sites for hydroxylation is 1. The molecule has 0 fully saturated rings. The fourth-order valence-electron chi connectivity index (χ4n) is 3.40. The fourth-order valence-corrected chi connectivity index (χ4v) is 4.55. The first-order valence-corrected chi connectivity index (χ1v) is 10.6. The van der Waals surface area contributed by atoms with Crippen LogP contribution in [0.15, 0.2) is 53.4 Å². The van der Waals surface area contributed by atoms with Gasteiger partial charge in [-0.05, 0) is 39.0 Å². The molecule has 0 radical (unpaired) electrons. The third-order valence-corrected chi connectivity index (χ3v) is 6.59. The van der Waals surface area contributed by atoms with Crippen molar-refractivity contribution in [2.75, 3.05) is 13.6 Å². The molecule has 0 saturated carbocycles. The minimum Gasteiger partial charge on any atom is -0.487 e. The second kappa shape index (κ2) is 7.56. The molecule has 0 unspecified atom stereocenters. The molecule has 28 heavy (non-hydrogen) atoms. The number of fused-ring (bicyclic) bond motifs is 1. The van der Waals surface area contributed by atoms with Crippen molar-refractivity contribution in [3.8, 4) is 5.75 Å². The van der Waals surface area contributed by atoms with Gasteiger partial charge in [0.25, 0.3) is 0 Å². The minimum atomic E-state index is -3.72. The number of carbonyl (C=O) groups is 1. The monoisotopic (exact) mass is 402 g/mol. The summed E-state index contributed by atoms with van der Waals surface area (Å²) in [7, 11) is -2.31. The average molecular weight is 403 g/mol. The maximum absolute atomic E-state index is 12.6. The normalized spacial score (nSPS) is 18.2. The summed E-state index contributed by atoms with van der Waals surface area (Å²) in [6.45, 7) is 5.68. The molecule has 1 aliphatic heterocycles. The molecule has 1 aliphatic rings. The number of sulfonamides is 1. The number of benzene rings is 2. The largest absolute Gasteiger partial charge is 0.487 e. The van der Waals surface area contributed by atoms with Crippen LogP contribution in [0.1, 0.15) is 37.4 Å². The van der Waals surface area contributed by atoms with Crippen molar-refractivity contribution in [1.29, 1.82) is 0 Å². The Kier molecular flexibility index (Phi) is 5.50. The van der Waals surface area contributed by atoms with Crippen LogP contribution in [0.2, 0.25) is 0 Å². The van der Waals surface area contributed by atoms with E-state index in [4.69, 9.17) is 4.74 Å². The number of hydrogen-bond donors (Lipinski definition) is 1. The lowest BCUT2D eigenvalue weighted by Gasteiger charge is -2.38. The van der Waals surface area contributed by atoms with E-state index in [0.29, 0.717) is 6.42 Å². The third kappa shape index (κ3) is 4.36. The Morgan fingerprint density at radius 1 is 1.21 bits per heavy atom. The van der Waals surface area contributed by atoms with Crippen LogP contribution in [-0.2, 0) is 14.8 Å². The van der Waals surface area contributed by atoms with Gasteiger partial charge >= 0.3 is 0 Å². The van der Waals surface area contributed by atoms with E-state index in [1.165, 1.54) is 19.2 Å². The number of likely N-dealkylation sites (N-methyl/N-ethyl adjacent to an activating group) is 1. The highest BCUT2D eigenvalue weighted by molar-refractivity contribution is 7.89. The van der Waals surface area contributed by atoms with Crippen molar-refractivity contribution in [3.63, 3.8) is 0 Å². The first-order valence-electron chi connectivity index (χ1n) is 9.19. The van der Waals surface area contributed by atoms with E-state index in [0.717, 1.165) is 21.2 Å². The van der Waals surface area contributed by atoms with Crippen molar-refractivity contribution in [2.24, 2.45) is 0 Å². The van der Waals surface area contributed by atoms with Gasteiger partial charge in [0.1, 0.15) is 11.4 Å². The Morgan fingerprint density at radius 2 is 1.89 bits per heavy atom. The van der Waals surface area contributed by atoms with E-state index in [1.807, 2.05) is 39.0 Å².